The molecule has 0 bridgehead atoms. The van der Waals surface area contributed by atoms with Gasteiger partial charge in [-0.15, -0.1) is 0 Å². The summed E-state index contributed by atoms with van der Waals surface area (Å²) in [6.45, 7) is 0. The molecule has 0 saturated heterocycles. The van der Waals surface area contributed by atoms with E-state index >= 15 is 0 Å². The average molecular weight is 246 g/mol. The van der Waals surface area contributed by atoms with Gasteiger partial charge in [-0.1, -0.05) is 66.4 Å². The number of rotatable bonds is 3. The monoisotopic (exact) mass is 246 g/mol. The summed E-state index contributed by atoms with van der Waals surface area (Å²) in [5.41, 5.74) is 1.05. The number of ketones is 1. The van der Waals surface area contributed by atoms with Crippen LogP contribution in [0.1, 0.15) is 15.9 Å². The minimum absolute atomic E-state index is 0. The van der Waals surface area contributed by atoms with Crippen molar-refractivity contribution in [1.29, 1.82) is 0 Å². The van der Waals surface area contributed by atoms with Gasteiger partial charge in [0.05, 0.1) is 0 Å². The summed E-state index contributed by atoms with van der Waals surface area (Å²) >= 11 is 0. The van der Waals surface area contributed by atoms with E-state index in [0.29, 0.717) is 11.1 Å². The molecule has 0 atom stereocenters. The molecule has 0 aliphatic heterocycles. The molecule has 2 nitrogen and oxygen atoms in total. The Morgan fingerprint density at radius 1 is 0.833 bits per heavy atom. The van der Waals surface area contributed by atoms with Gasteiger partial charge in [0, 0.05) is 5.56 Å². The van der Waals surface area contributed by atoms with Gasteiger partial charge in [0.2, 0.25) is 0 Å². The van der Waals surface area contributed by atoms with Gasteiger partial charge in [0.1, 0.15) is 0 Å². The van der Waals surface area contributed by atoms with Crippen LogP contribution in [0.5, 0.6) is 0 Å². The molecule has 0 spiro atoms. The first-order valence-electron chi connectivity index (χ1n) is 5.31. The van der Waals surface area contributed by atoms with E-state index in [1.807, 2.05) is 12.1 Å². The molecule has 2 aromatic carbocycles. The Morgan fingerprint density at radius 2 is 1.28 bits per heavy atom. The largest absolute Gasteiger partial charge is 1.00 e. The number of hydrogen-bond acceptors (Lipinski definition) is 2. The molecule has 0 unspecified atom stereocenters. The molecule has 0 saturated carbocycles. The van der Waals surface area contributed by atoms with Crippen LogP contribution in [0.15, 0.2) is 66.7 Å². The predicted molar refractivity (Wildman–Crippen MR) is 65.2 cm³/mol. The van der Waals surface area contributed by atoms with Crippen LogP contribution < -0.4 is 34.7 Å². The minimum Gasteiger partial charge on any atom is -0.872 e. The second-order valence-electron chi connectivity index (χ2n) is 3.60. The van der Waals surface area contributed by atoms with Crippen molar-refractivity contribution in [3.63, 3.8) is 0 Å². The van der Waals surface area contributed by atoms with Gasteiger partial charge < -0.3 is 5.11 Å². The molecule has 2 aromatic rings. The Balaban J connectivity index is 0.00000162. The molecule has 84 valence electrons. The number of hydrogen-bond donors (Lipinski definition) is 0. The van der Waals surface area contributed by atoms with E-state index in [9.17, 15) is 9.90 Å². The molecule has 3 heteroatoms. The Labute approximate surface area is 128 Å². The molecule has 0 N–H and O–H groups in total. The third-order valence-corrected chi connectivity index (χ3v) is 2.38. The molecule has 2 rings (SSSR count). The van der Waals surface area contributed by atoms with Crippen LogP contribution in [0.25, 0.3) is 5.76 Å². The summed E-state index contributed by atoms with van der Waals surface area (Å²) in [6.07, 6.45) is 1.13. The molecule has 0 aliphatic carbocycles. The number of allylic oxidation sites excluding steroid dienone is 1. The van der Waals surface area contributed by atoms with Crippen molar-refractivity contribution in [1.82, 2.24) is 0 Å². The van der Waals surface area contributed by atoms with Crippen molar-refractivity contribution >= 4 is 11.5 Å². The summed E-state index contributed by atoms with van der Waals surface area (Å²) in [5.74, 6) is -0.529. The first-order valence-corrected chi connectivity index (χ1v) is 5.31. The van der Waals surface area contributed by atoms with Crippen molar-refractivity contribution in [2.45, 2.75) is 0 Å². The quantitative estimate of drug-likeness (QED) is 0.310. The molecule has 0 fully saturated rings. The summed E-state index contributed by atoms with van der Waals surface area (Å²) in [7, 11) is 0. The topological polar surface area (TPSA) is 40.1 Å². The zero-order chi connectivity index (χ0) is 12.1. The van der Waals surface area contributed by atoms with Gasteiger partial charge in [0.25, 0.3) is 0 Å². The van der Waals surface area contributed by atoms with Crippen molar-refractivity contribution in [2.24, 2.45) is 0 Å². The summed E-state index contributed by atoms with van der Waals surface area (Å²) in [4.78, 5) is 11.8. The molecule has 18 heavy (non-hydrogen) atoms. The standard InChI is InChI=1S/C15H12O2.Na/c16-14(12-7-3-1-4-8-12)11-15(17)13-9-5-2-6-10-13;/h1-11,16H;/q;+1/p-1/b14-11+;. The molecular formula is C15H11NaO2. The zero-order valence-corrected chi connectivity index (χ0v) is 12.2. The van der Waals surface area contributed by atoms with Crippen molar-refractivity contribution in [2.75, 3.05) is 0 Å². The average Bonchev–Trinajstić information content (AvgIpc) is 2.40. The van der Waals surface area contributed by atoms with E-state index in [4.69, 9.17) is 0 Å². The van der Waals surface area contributed by atoms with Crippen LogP contribution in [0, 0.1) is 0 Å². The molecular weight excluding hydrogens is 235 g/mol. The Morgan fingerprint density at radius 3 is 1.78 bits per heavy atom. The van der Waals surface area contributed by atoms with Gasteiger partial charge in [-0.3, -0.25) is 4.79 Å². The van der Waals surface area contributed by atoms with E-state index in [1.165, 1.54) is 0 Å². The number of carbonyl (C=O) groups is 1. The Kier molecular flexibility index (Phi) is 5.86. The Bertz CT molecular complexity index is 533. The maximum atomic E-state index is 11.8. The fraction of sp³-hybridized carbons (Fsp3) is 0. The summed E-state index contributed by atoms with van der Waals surface area (Å²) in [6, 6.07) is 17.5. The molecule has 0 aliphatic rings. The Hall–Kier alpha value is -1.35. The fourth-order valence-corrected chi connectivity index (χ4v) is 1.49. The minimum atomic E-state index is -0.264. The number of carbonyl (C=O) groups excluding carboxylic acids is 1. The fourth-order valence-electron chi connectivity index (χ4n) is 1.49. The van der Waals surface area contributed by atoms with Crippen molar-refractivity contribution in [3.05, 3.63) is 77.9 Å². The van der Waals surface area contributed by atoms with Crippen LogP contribution in [0.2, 0.25) is 0 Å². The second-order valence-corrected chi connectivity index (χ2v) is 3.60. The van der Waals surface area contributed by atoms with Gasteiger partial charge in [-0.05, 0) is 11.6 Å². The molecule has 0 amide bonds. The number of benzene rings is 2. The van der Waals surface area contributed by atoms with Gasteiger partial charge in [0.15, 0.2) is 5.78 Å². The van der Waals surface area contributed by atoms with Crippen molar-refractivity contribution < 1.29 is 39.5 Å². The van der Waals surface area contributed by atoms with E-state index in [2.05, 4.69) is 0 Å². The van der Waals surface area contributed by atoms with Crippen molar-refractivity contribution in [3.8, 4) is 0 Å². The van der Waals surface area contributed by atoms with Crippen LogP contribution in [-0.4, -0.2) is 5.78 Å². The SMILES string of the molecule is O=C(/C=C(/[O-])c1ccccc1)c1ccccc1.[Na+]. The summed E-state index contributed by atoms with van der Waals surface area (Å²) in [5, 5.41) is 11.8. The van der Waals surface area contributed by atoms with Crippen LogP contribution in [-0.2, 0) is 0 Å². The third kappa shape index (κ3) is 3.84. The summed E-state index contributed by atoms with van der Waals surface area (Å²) < 4.78 is 0. The normalized spacial score (nSPS) is 10.6. The first kappa shape index (κ1) is 14.7. The van der Waals surface area contributed by atoms with Crippen LogP contribution in [0.4, 0.5) is 0 Å². The predicted octanol–water partition coefficient (Wildman–Crippen LogP) is -0.725. The first-order chi connectivity index (χ1) is 8.27. The van der Waals surface area contributed by atoms with Gasteiger partial charge in [-0.25, -0.2) is 0 Å². The smallest absolute Gasteiger partial charge is 0.872 e. The van der Waals surface area contributed by atoms with E-state index in [0.717, 1.165) is 6.08 Å². The second kappa shape index (κ2) is 7.17. The molecule has 0 aromatic heterocycles. The van der Waals surface area contributed by atoms with E-state index in [1.54, 1.807) is 48.5 Å². The van der Waals surface area contributed by atoms with Gasteiger partial charge >= 0.3 is 29.6 Å². The molecule has 0 radical (unpaired) electrons. The van der Waals surface area contributed by atoms with E-state index < -0.39 is 0 Å². The van der Waals surface area contributed by atoms with Crippen LogP contribution in [0.3, 0.4) is 0 Å². The van der Waals surface area contributed by atoms with Gasteiger partial charge in [-0.2, -0.15) is 0 Å². The van der Waals surface area contributed by atoms with E-state index in [-0.39, 0.29) is 41.1 Å². The third-order valence-electron chi connectivity index (χ3n) is 2.38. The zero-order valence-electron chi connectivity index (χ0n) is 10.2. The maximum Gasteiger partial charge on any atom is 1.00 e. The van der Waals surface area contributed by atoms with Crippen LogP contribution >= 0.6 is 0 Å². The molecule has 0 heterocycles. The maximum absolute atomic E-state index is 11.8.